The summed E-state index contributed by atoms with van der Waals surface area (Å²) in [6.45, 7) is 6.38. The van der Waals surface area contributed by atoms with Gasteiger partial charge in [0.15, 0.2) is 6.79 Å². The maximum atomic E-state index is 11.8. The van der Waals surface area contributed by atoms with Crippen LogP contribution in [0.2, 0.25) is 0 Å². The van der Waals surface area contributed by atoms with Crippen LogP contribution in [0.4, 0.5) is 0 Å². The van der Waals surface area contributed by atoms with Crippen molar-refractivity contribution in [1.29, 1.82) is 0 Å². The number of ether oxygens (including phenoxy) is 4. The molecule has 1 N–H and O–H groups in total. The molecule has 0 radical (unpaired) electrons. The van der Waals surface area contributed by atoms with E-state index in [9.17, 15) is 4.79 Å². The second-order valence-corrected chi connectivity index (χ2v) is 9.73. The number of nitrogens with one attached hydrogen (secondary N) is 1. The van der Waals surface area contributed by atoms with E-state index in [0.717, 1.165) is 25.7 Å². The van der Waals surface area contributed by atoms with E-state index in [-0.39, 0.29) is 30.6 Å². The summed E-state index contributed by atoms with van der Waals surface area (Å²) in [7, 11) is 1.32. The van der Waals surface area contributed by atoms with Crippen LogP contribution in [-0.2, 0) is 24.0 Å². The highest BCUT2D eigenvalue weighted by Crippen LogP contribution is 2.47. The van der Waals surface area contributed by atoms with Crippen molar-refractivity contribution in [3.63, 3.8) is 0 Å². The number of carbonyl (C=O) groups is 1. The van der Waals surface area contributed by atoms with Gasteiger partial charge in [-0.2, -0.15) is 0 Å². The van der Waals surface area contributed by atoms with Crippen LogP contribution in [0.3, 0.4) is 0 Å². The number of benzene rings is 1. The van der Waals surface area contributed by atoms with Crippen molar-refractivity contribution in [3.8, 4) is 5.75 Å². The molecule has 2 bridgehead atoms. The maximum Gasteiger partial charge on any atom is 0.374 e. The molecule has 0 spiro atoms. The summed E-state index contributed by atoms with van der Waals surface area (Å²) >= 11 is 0. The van der Waals surface area contributed by atoms with Gasteiger partial charge in [0.25, 0.3) is 0 Å². The Morgan fingerprint density at radius 1 is 1.21 bits per heavy atom. The molecule has 9 nitrogen and oxygen atoms in total. The first-order chi connectivity index (χ1) is 15.9. The normalized spacial score (nSPS) is 36.8. The lowest BCUT2D eigenvalue weighted by molar-refractivity contribution is -0.460. The topological polar surface area (TPSA) is 101 Å². The lowest BCUT2D eigenvalue weighted by Gasteiger charge is -2.44. The SMILES string of the molecule is COC(=O)c1nc2ccc(OC3OCOC4(C)CCC5C(C)CCC(C3C)C5OO4)cc2[nH]1. The number of hydrogen-bond donors (Lipinski definition) is 1. The lowest BCUT2D eigenvalue weighted by Crippen LogP contribution is -2.47. The highest BCUT2D eigenvalue weighted by Gasteiger charge is 2.48. The molecule has 0 amide bonds. The van der Waals surface area contributed by atoms with Crippen LogP contribution in [0.5, 0.6) is 5.75 Å². The number of fused-ring (bicyclic) bond motifs is 3. The summed E-state index contributed by atoms with van der Waals surface area (Å²) < 4.78 is 23.2. The molecule has 7 unspecified atom stereocenters. The van der Waals surface area contributed by atoms with E-state index in [2.05, 4.69) is 23.8 Å². The number of carbonyl (C=O) groups excluding carboxylic acids is 1. The van der Waals surface area contributed by atoms with Crippen molar-refractivity contribution >= 4 is 17.0 Å². The van der Waals surface area contributed by atoms with Crippen LogP contribution >= 0.6 is 0 Å². The molecule has 7 atom stereocenters. The van der Waals surface area contributed by atoms with Gasteiger partial charge in [0.2, 0.25) is 17.9 Å². The van der Waals surface area contributed by atoms with Gasteiger partial charge in [0.05, 0.1) is 24.2 Å². The number of aromatic nitrogens is 2. The van der Waals surface area contributed by atoms with E-state index in [0.29, 0.717) is 28.6 Å². The van der Waals surface area contributed by atoms with Crippen LogP contribution in [0.25, 0.3) is 11.0 Å². The summed E-state index contributed by atoms with van der Waals surface area (Å²) in [4.78, 5) is 30.9. The molecular weight excluding hydrogens is 428 g/mol. The van der Waals surface area contributed by atoms with Crippen LogP contribution in [0, 0.1) is 23.7 Å². The molecule has 9 heteroatoms. The predicted molar refractivity (Wildman–Crippen MR) is 117 cm³/mol. The number of esters is 1. The van der Waals surface area contributed by atoms with Gasteiger partial charge in [0, 0.05) is 18.4 Å². The third-order valence-corrected chi connectivity index (χ3v) is 7.58. The first kappa shape index (κ1) is 22.6. The van der Waals surface area contributed by atoms with E-state index >= 15 is 0 Å². The smallest absolute Gasteiger partial charge is 0.374 e. The Morgan fingerprint density at radius 3 is 2.88 bits per heavy atom. The molecule has 5 rings (SSSR count). The van der Waals surface area contributed by atoms with Gasteiger partial charge in [-0.3, -0.25) is 0 Å². The number of nitrogens with zero attached hydrogens (tertiary/aromatic N) is 1. The molecule has 1 aliphatic carbocycles. The summed E-state index contributed by atoms with van der Waals surface area (Å²) in [6, 6.07) is 5.44. The molecule has 3 fully saturated rings. The Hall–Kier alpha value is -2.20. The average Bonchev–Trinajstić information content (AvgIpc) is 3.15. The quantitative estimate of drug-likeness (QED) is 0.538. The number of hydrogen-bond acceptors (Lipinski definition) is 8. The first-order valence-corrected chi connectivity index (χ1v) is 11.7. The van der Waals surface area contributed by atoms with Crippen molar-refractivity contribution in [2.75, 3.05) is 13.9 Å². The molecule has 2 aliphatic heterocycles. The zero-order valence-corrected chi connectivity index (χ0v) is 19.5. The van der Waals surface area contributed by atoms with Gasteiger partial charge in [0.1, 0.15) is 5.75 Å². The van der Waals surface area contributed by atoms with E-state index in [1.807, 2.05) is 19.1 Å². The first-order valence-electron chi connectivity index (χ1n) is 11.7. The van der Waals surface area contributed by atoms with E-state index in [4.69, 9.17) is 28.7 Å². The van der Waals surface area contributed by atoms with Crippen molar-refractivity contribution in [2.45, 2.75) is 64.6 Å². The fourth-order valence-corrected chi connectivity index (χ4v) is 5.46. The second kappa shape index (κ2) is 8.87. The molecule has 1 aromatic heterocycles. The Morgan fingerprint density at radius 2 is 2.06 bits per heavy atom. The van der Waals surface area contributed by atoms with Gasteiger partial charge < -0.3 is 23.9 Å². The molecular formula is C24H32N2O7. The number of methoxy groups -OCH3 is 1. The predicted octanol–water partition coefficient (Wildman–Crippen LogP) is 4.18. The zero-order valence-electron chi connectivity index (χ0n) is 19.5. The fraction of sp³-hybridized carbons (Fsp3) is 0.667. The highest BCUT2D eigenvalue weighted by atomic mass is 17.2. The summed E-state index contributed by atoms with van der Waals surface area (Å²) in [5, 5.41) is 0. The minimum Gasteiger partial charge on any atom is -0.464 e. The highest BCUT2D eigenvalue weighted by molar-refractivity contribution is 5.90. The fourth-order valence-electron chi connectivity index (χ4n) is 5.46. The largest absolute Gasteiger partial charge is 0.464 e. The number of imidazole rings is 1. The molecule has 3 aliphatic rings. The molecule has 1 aromatic carbocycles. The van der Waals surface area contributed by atoms with Crippen LogP contribution in [0.1, 0.15) is 57.1 Å². The van der Waals surface area contributed by atoms with E-state index < -0.39 is 18.0 Å². The third kappa shape index (κ3) is 4.35. The Balaban J connectivity index is 1.41. The third-order valence-electron chi connectivity index (χ3n) is 7.58. The molecule has 1 saturated carbocycles. The maximum absolute atomic E-state index is 11.8. The molecule has 33 heavy (non-hydrogen) atoms. The second-order valence-electron chi connectivity index (χ2n) is 9.73. The molecule has 2 saturated heterocycles. The number of H-pyrrole nitrogens is 1. The lowest BCUT2D eigenvalue weighted by atomic mass is 9.67. The van der Waals surface area contributed by atoms with Crippen LogP contribution < -0.4 is 4.74 Å². The van der Waals surface area contributed by atoms with Gasteiger partial charge >= 0.3 is 5.97 Å². The van der Waals surface area contributed by atoms with E-state index in [1.165, 1.54) is 7.11 Å². The molecule has 2 aromatic rings. The molecule has 3 heterocycles. The average molecular weight is 461 g/mol. The standard InChI is InChI=1S/C24H32N2O7/c1-13-5-7-17-14(2)23(29-12-30-24(3)10-9-16(13)20(17)32-33-24)31-15-6-8-18-19(11-15)26-21(25-18)22(27)28-4/h6,8,11,13-14,16-17,20,23H,5,7,9-10,12H2,1-4H3,(H,25,26). The minimum atomic E-state index is -0.841. The number of rotatable bonds is 3. The monoisotopic (exact) mass is 460 g/mol. The Labute approximate surface area is 193 Å². The van der Waals surface area contributed by atoms with Crippen molar-refractivity contribution in [3.05, 3.63) is 24.0 Å². The summed E-state index contributed by atoms with van der Waals surface area (Å²) in [5.41, 5.74) is 1.34. The van der Waals surface area contributed by atoms with Crippen LogP contribution in [0.15, 0.2) is 18.2 Å². The molecule has 180 valence electrons. The van der Waals surface area contributed by atoms with Crippen LogP contribution in [-0.4, -0.2) is 48.0 Å². The van der Waals surface area contributed by atoms with Crippen molar-refractivity contribution in [2.24, 2.45) is 23.7 Å². The Bertz CT molecular complexity index is 1010. The van der Waals surface area contributed by atoms with Crippen molar-refractivity contribution in [1.82, 2.24) is 9.97 Å². The van der Waals surface area contributed by atoms with Gasteiger partial charge in [-0.25, -0.2) is 19.6 Å². The summed E-state index contributed by atoms with van der Waals surface area (Å²) in [5.74, 6) is 0.668. The van der Waals surface area contributed by atoms with Crippen molar-refractivity contribution < 1.29 is 33.5 Å². The van der Waals surface area contributed by atoms with Gasteiger partial charge in [-0.15, -0.1) is 0 Å². The van der Waals surface area contributed by atoms with E-state index in [1.54, 1.807) is 6.07 Å². The van der Waals surface area contributed by atoms with Gasteiger partial charge in [-0.1, -0.05) is 13.8 Å². The number of aromatic amines is 1. The summed E-state index contributed by atoms with van der Waals surface area (Å²) in [6.07, 6.45) is 3.36. The Kier molecular flexibility index (Phi) is 6.07. The zero-order chi connectivity index (χ0) is 23.2. The van der Waals surface area contributed by atoms with Gasteiger partial charge in [-0.05, 0) is 56.1 Å². The minimum absolute atomic E-state index is 0.0281.